The summed E-state index contributed by atoms with van der Waals surface area (Å²) in [5, 5.41) is 0. The van der Waals surface area contributed by atoms with Gasteiger partial charge in [-0.2, -0.15) is 0 Å². The van der Waals surface area contributed by atoms with Gasteiger partial charge in [-0.15, -0.1) is 0 Å². The van der Waals surface area contributed by atoms with Crippen molar-refractivity contribution >= 4 is 5.78 Å². The van der Waals surface area contributed by atoms with Crippen LogP contribution in [0.15, 0.2) is 73.1 Å². The number of nitrogens with zero attached hydrogens (tertiary/aromatic N) is 2. The van der Waals surface area contributed by atoms with Crippen LogP contribution in [0.5, 0.6) is 11.5 Å². The Morgan fingerprint density at radius 2 is 1.90 bits per heavy atom. The quantitative estimate of drug-likeness (QED) is 0.479. The highest BCUT2D eigenvalue weighted by molar-refractivity contribution is 6.00. The number of likely N-dealkylation sites (N-methyl/N-ethyl adjacent to an activating group) is 1. The van der Waals surface area contributed by atoms with Gasteiger partial charge in [0.15, 0.2) is 5.78 Å². The molecule has 1 aliphatic heterocycles. The zero-order valence-electron chi connectivity index (χ0n) is 17.9. The number of ether oxygens (including phenoxy) is 2. The second-order valence-electron chi connectivity index (χ2n) is 7.98. The van der Waals surface area contributed by atoms with Crippen LogP contribution >= 0.6 is 0 Å². The molecule has 0 N–H and O–H groups in total. The number of rotatable bonds is 9. The van der Waals surface area contributed by atoms with Crippen molar-refractivity contribution in [2.24, 2.45) is 0 Å². The third-order valence-corrected chi connectivity index (χ3v) is 5.69. The molecule has 1 fully saturated rings. The summed E-state index contributed by atoms with van der Waals surface area (Å²) in [7, 11) is 2.13. The number of hydrogen-bond donors (Lipinski definition) is 0. The van der Waals surface area contributed by atoms with Crippen molar-refractivity contribution in [2.45, 2.75) is 31.9 Å². The Balaban J connectivity index is 1.51. The third kappa shape index (κ3) is 5.70. The number of likely N-dealkylation sites (tertiary alicyclic amines) is 1. The first-order valence-corrected chi connectivity index (χ1v) is 10.7. The monoisotopic (exact) mass is 416 g/mol. The number of carbonyl (C=O) groups excluding carboxylic acids is 1. The predicted octanol–water partition coefficient (Wildman–Crippen LogP) is 4.56. The van der Waals surface area contributed by atoms with E-state index in [0.29, 0.717) is 36.3 Å². The summed E-state index contributed by atoms with van der Waals surface area (Å²) >= 11 is 0. The van der Waals surface area contributed by atoms with Gasteiger partial charge in [-0.3, -0.25) is 9.78 Å². The Kier molecular flexibility index (Phi) is 6.95. The molecular weight excluding hydrogens is 388 g/mol. The summed E-state index contributed by atoms with van der Waals surface area (Å²) in [4.78, 5) is 19.6. The van der Waals surface area contributed by atoms with Crippen molar-refractivity contribution in [1.29, 1.82) is 0 Å². The molecule has 2 heterocycles. The second kappa shape index (κ2) is 10.2. The average Bonchev–Trinajstić information content (AvgIpc) is 3.22. The van der Waals surface area contributed by atoms with Crippen LogP contribution in [-0.2, 0) is 13.0 Å². The lowest BCUT2D eigenvalue weighted by molar-refractivity contribution is 0.0987. The molecule has 31 heavy (non-hydrogen) atoms. The molecule has 0 spiro atoms. The summed E-state index contributed by atoms with van der Waals surface area (Å²) < 4.78 is 12.1. The molecule has 0 radical (unpaired) electrons. The standard InChI is InChI=1S/C26H28N2O3/c1-28-14-6-10-22(28)19-30-23-11-12-26(31-18-20-7-3-2-4-8-20)24(16-23)25(29)15-21-9-5-13-27-17-21/h2-5,7-9,11-13,16-17,22H,6,10,14-15,18-19H2,1H3/t22-/m0/s1. The maximum atomic E-state index is 13.1. The van der Waals surface area contributed by atoms with Crippen LogP contribution in [0.2, 0.25) is 0 Å². The van der Waals surface area contributed by atoms with Crippen LogP contribution in [0.1, 0.15) is 34.3 Å². The lowest BCUT2D eigenvalue weighted by Gasteiger charge is -2.20. The van der Waals surface area contributed by atoms with E-state index in [1.54, 1.807) is 12.4 Å². The summed E-state index contributed by atoms with van der Waals surface area (Å²) in [6.07, 6.45) is 6.03. The molecule has 5 nitrogen and oxygen atoms in total. The maximum absolute atomic E-state index is 13.1. The number of hydrogen-bond acceptors (Lipinski definition) is 5. The fraction of sp³-hybridized carbons (Fsp3) is 0.308. The van der Waals surface area contributed by atoms with Gasteiger partial charge in [0, 0.05) is 24.9 Å². The molecule has 0 aliphatic carbocycles. The van der Waals surface area contributed by atoms with Crippen molar-refractivity contribution in [3.63, 3.8) is 0 Å². The Morgan fingerprint density at radius 3 is 2.65 bits per heavy atom. The van der Waals surface area contributed by atoms with Gasteiger partial charge in [0.2, 0.25) is 0 Å². The molecule has 1 saturated heterocycles. The number of pyridine rings is 1. The fourth-order valence-electron chi connectivity index (χ4n) is 3.84. The van der Waals surface area contributed by atoms with E-state index in [1.807, 2.05) is 60.7 Å². The zero-order chi connectivity index (χ0) is 21.5. The molecule has 0 unspecified atom stereocenters. The molecule has 2 aromatic carbocycles. The lowest BCUT2D eigenvalue weighted by atomic mass is 10.0. The number of carbonyl (C=O) groups is 1. The molecule has 0 bridgehead atoms. The molecule has 4 rings (SSSR count). The molecular formula is C26H28N2O3. The zero-order valence-corrected chi connectivity index (χ0v) is 17.9. The maximum Gasteiger partial charge on any atom is 0.171 e. The van der Waals surface area contributed by atoms with Crippen LogP contribution in [0.4, 0.5) is 0 Å². The van der Waals surface area contributed by atoms with Gasteiger partial charge in [0.1, 0.15) is 24.7 Å². The number of benzene rings is 2. The average molecular weight is 417 g/mol. The first-order valence-electron chi connectivity index (χ1n) is 10.7. The lowest BCUT2D eigenvalue weighted by Crippen LogP contribution is -2.30. The molecule has 5 heteroatoms. The summed E-state index contributed by atoms with van der Waals surface area (Å²) in [6, 6.07) is 19.6. The van der Waals surface area contributed by atoms with Gasteiger partial charge in [-0.1, -0.05) is 36.4 Å². The van der Waals surface area contributed by atoms with E-state index in [0.717, 1.165) is 24.1 Å². The number of ketones is 1. The van der Waals surface area contributed by atoms with Gasteiger partial charge in [0.25, 0.3) is 0 Å². The van der Waals surface area contributed by atoms with E-state index < -0.39 is 0 Å². The fourth-order valence-corrected chi connectivity index (χ4v) is 3.84. The number of Topliss-reactive ketones (excluding diaryl/α,β-unsaturated/α-hetero) is 1. The predicted molar refractivity (Wildman–Crippen MR) is 121 cm³/mol. The highest BCUT2D eigenvalue weighted by Crippen LogP contribution is 2.27. The molecule has 1 aromatic heterocycles. The molecule has 0 saturated carbocycles. The van der Waals surface area contributed by atoms with E-state index in [-0.39, 0.29) is 12.2 Å². The van der Waals surface area contributed by atoms with E-state index in [9.17, 15) is 4.79 Å². The normalized spacial score (nSPS) is 16.2. The van der Waals surface area contributed by atoms with Crippen LogP contribution < -0.4 is 9.47 Å². The largest absolute Gasteiger partial charge is 0.492 e. The first-order chi connectivity index (χ1) is 15.2. The molecule has 1 atom stereocenters. The van der Waals surface area contributed by atoms with E-state index in [1.165, 1.54) is 6.42 Å². The van der Waals surface area contributed by atoms with E-state index in [2.05, 4.69) is 16.9 Å². The molecule has 1 aliphatic rings. The van der Waals surface area contributed by atoms with Gasteiger partial charge in [-0.05, 0) is 61.8 Å². The minimum atomic E-state index is -0.0144. The minimum absolute atomic E-state index is 0.0144. The van der Waals surface area contributed by atoms with Gasteiger partial charge in [-0.25, -0.2) is 0 Å². The molecule has 3 aromatic rings. The summed E-state index contributed by atoms with van der Waals surface area (Å²) in [5.41, 5.74) is 2.47. The third-order valence-electron chi connectivity index (χ3n) is 5.69. The molecule has 160 valence electrons. The number of aromatic nitrogens is 1. The topological polar surface area (TPSA) is 51.7 Å². The first kappa shape index (κ1) is 21.1. The summed E-state index contributed by atoms with van der Waals surface area (Å²) in [6.45, 7) is 2.13. The van der Waals surface area contributed by atoms with Crippen molar-refractivity contribution in [2.75, 3.05) is 20.2 Å². The Bertz CT molecular complexity index is 992. The van der Waals surface area contributed by atoms with Crippen LogP contribution in [0, 0.1) is 0 Å². The van der Waals surface area contributed by atoms with Crippen LogP contribution in [0.25, 0.3) is 0 Å². The summed E-state index contributed by atoms with van der Waals surface area (Å²) in [5.74, 6) is 1.25. The molecule has 0 amide bonds. The van der Waals surface area contributed by atoms with Crippen molar-refractivity contribution in [1.82, 2.24) is 9.88 Å². The smallest absolute Gasteiger partial charge is 0.171 e. The van der Waals surface area contributed by atoms with E-state index in [4.69, 9.17) is 9.47 Å². The van der Waals surface area contributed by atoms with Crippen LogP contribution in [-0.4, -0.2) is 41.9 Å². The highest BCUT2D eigenvalue weighted by Gasteiger charge is 2.22. The van der Waals surface area contributed by atoms with Gasteiger partial charge in [0.05, 0.1) is 5.56 Å². The van der Waals surface area contributed by atoms with Gasteiger partial charge < -0.3 is 14.4 Å². The minimum Gasteiger partial charge on any atom is -0.492 e. The van der Waals surface area contributed by atoms with Crippen molar-refractivity contribution < 1.29 is 14.3 Å². The SMILES string of the molecule is CN1CCC[C@H]1COc1ccc(OCc2ccccc2)c(C(=O)Cc2cccnc2)c1. The van der Waals surface area contributed by atoms with Gasteiger partial charge >= 0.3 is 0 Å². The van der Waals surface area contributed by atoms with E-state index >= 15 is 0 Å². The Labute approximate surface area is 183 Å². The highest BCUT2D eigenvalue weighted by atomic mass is 16.5. The van der Waals surface area contributed by atoms with Crippen LogP contribution in [0.3, 0.4) is 0 Å². The second-order valence-corrected chi connectivity index (χ2v) is 7.98. The van der Waals surface area contributed by atoms with Crippen molar-refractivity contribution in [3.05, 3.63) is 89.7 Å². The Hall–Kier alpha value is -3.18. The van der Waals surface area contributed by atoms with Crippen molar-refractivity contribution in [3.8, 4) is 11.5 Å². The Morgan fingerprint density at radius 1 is 1.06 bits per heavy atom.